The molecule has 0 saturated heterocycles. The summed E-state index contributed by atoms with van der Waals surface area (Å²) in [5.74, 6) is 0.494. The molecular weight excluding hydrogens is 421 g/mol. The van der Waals surface area contributed by atoms with Gasteiger partial charge in [-0.2, -0.15) is 0 Å². The molecule has 124 valence electrons. The van der Waals surface area contributed by atoms with Crippen molar-refractivity contribution in [3.05, 3.63) is 23.2 Å². The lowest BCUT2D eigenvalue weighted by atomic mass is 10.2. The van der Waals surface area contributed by atoms with Crippen LogP contribution in [-0.2, 0) is 9.47 Å². The van der Waals surface area contributed by atoms with Gasteiger partial charge in [-0.1, -0.05) is 34.2 Å². The summed E-state index contributed by atoms with van der Waals surface area (Å²) in [6.07, 6.45) is -0.522. The lowest BCUT2D eigenvalue weighted by Gasteiger charge is -2.20. The maximum atomic E-state index is 11.7. The summed E-state index contributed by atoms with van der Waals surface area (Å²) in [6.45, 7) is 6.99. The molecule has 0 aromatic heterocycles. The van der Waals surface area contributed by atoms with Crippen LogP contribution < -0.4 is 10.1 Å². The first-order valence-corrected chi connectivity index (χ1v) is 8.78. The van der Waals surface area contributed by atoms with E-state index in [-0.39, 0.29) is 0 Å². The Balaban J connectivity index is 2.56. The third kappa shape index (κ3) is 8.05. The summed E-state index contributed by atoms with van der Waals surface area (Å²) in [4.78, 5) is 11.7. The molecule has 1 rings (SSSR count). The molecule has 7 heteroatoms. The molecule has 0 saturated carbocycles. The number of anilines is 1. The summed E-state index contributed by atoms with van der Waals surface area (Å²) in [5, 5.41) is 3.12. The van der Waals surface area contributed by atoms with Crippen molar-refractivity contribution in [1.29, 1.82) is 0 Å². The van der Waals surface area contributed by atoms with Crippen LogP contribution in [0.4, 0.5) is 10.5 Å². The summed E-state index contributed by atoms with van der Waals surface area (Å²) in [7, 11) is 0. The van der Waals surface area contributed by atoms with Gasteiger partial charge in [0.15, 0.2) is 0 Å². The van der Waals surface area contributed by atoms with E-state index in [2.05, 4.69) is 27.9 Å². The average molecular weight is 442 g/mol. The second-order valence-electron chi connectivity index (χ2n) is 5.42. The van der Waals surface area contributed by atoms with Crippen LogP contribution in [-0.4, -0.2) is 35.9 Å². The molecule has 0 heterocycles. The number of benzene rings is 1. The molecule has 0 aliphatic heterocycles. The van der Waals surface area contributed by atoms with Gasteiger partial charge in [-0.3, -0.25) is 5.32 Å². The summed E-state index contributed by atoms with van der Waals surface area (Å²) >= 11 is 8.31. The summed E-state index contributed by atoms with van der Waals surface area (Å²) < 4.78 is 17.0. The SMILES string of the molecule is CC(C)(C)OC(=O)Nc1ccc(Cl)c(OCCOCCI)c1. The van der Waals surface area contributed by atoms with Crippen molar-refractivity contribution in [1.82, 2.24) is 0 Å². The molecule has 0 spiro atoms. The summed E-state index contributed by atoms with van der Waals surface area (Å²) in [5.41, 5.74) is 0.00749. The van der Waals surface area contributed by atoms with Gasteiger partial charge < -0.3 is 14.2 Å². The molecule has 0 aliphatic carbocycles. The van der Waals surface area contributed by atoms with Gasteiger partial charge in [-0.25, -0.2) is 4.79 Å². The molecule has 5 nitrogen and oxygen atoms in total. The van der Waals surface area contributed by atoms with E-state index in [9.17, 15) is 4.79 Å². The zero-order chi connectivity index (χ0) is 16.6. The Kier molecular flexibility index (Phi) is 8.27. The number of carbonyl (C=O) groups excluding carboxylic acids is 1. The van der Waals surface area contributed by atoms with Gasteiger partial charge in [0.25, 0.3) is 0 Å². The van der Waals surface area contributed by atoms with E-state index in [1.54, 1.807) is 39.0 Å². The number of rotatable bonds is 7. The topological polar surface area (TPSA) is 56.8 Å². The highest BCUT2D eigenvalue weighted by molar-refractivity contribution is 14.1. The second kappa shape index (κ2) is 9.42. The largest absolute Gasteiger partial charge is 0.490 e. The Labute approximate surface area is 149 Å². The Hall–Kier alpha value is -0.730. The normalized spacial score (nSPS) is 11.1. The van der Waals surface area contributed by atoms with Crippen LogP contribution in [0.5, 0.6) is 5.75 Å². The molecule has 1 amide bonds. The molecule has 1 aromatic rings. The first kappa shape index (κ1) is 19.3. The van der Waals surface area contributed by atoms with Crippen molar-refractivity contribution in [3.63, 3.8) is 0 Å². The zero-order valence-corrected chi connectivity index (χ0v) is 15.9. The maximum Gasteiger partial charge on any atom is 0.412 e. The number of halogens is 2. The average Bonchev–Trinajstić information content (AvgIpc) is 2.39. The standard InChI is InChI=1S/C15H21ClINO4/c1-15(2,3)22-14(19)18-11-4-5-12(16)13(10-11)21-9-8-20-7-6-17/h4-5,10H,6-9H2,1-3H3,(H,18,19). The van der Waals surface area contributed by atoms with Crippen LogP contribution in [0.2, 0.25) is 5.02 Å². The quantitative estimate of drug-likeness (QED) is 0.384. The van der Waals surface area contributed by atoms with Gasteiger partial charge >= 0.3 is 6.09 Å². The van der Waals surface area contributed by atoms with Crippen molar-refractivity contribution in [2.45, 2.75) is 26.4 Å². The Bertz CT molecular complexity index is 491. The van der Waals surface area contributed by atoms with E-state index in [4.69, 9.17) is 25.8 Å². The van der Waals surface area contributed by atoms with Crippen molar-refractivity contribution >= 4 is 46.0 Å². The lowest BCUT2D eigenvalue weighted by molar-refractivity contribution is 0.0636. The highest BCUT2D eigenvalue weighted by Crippen LogP contribution is 2.28. The fraction of sp³-hybridized carbons (Fsp3) is 0.533. The van der Waals surface area contributed by atoms with Crippen LogP contribution >= 0.6 is 34.2 Å². The predicted molar refractivity (Wildman–Crippen MR) is 96.5 cm³/mol. The fourth-order valence-corrected chi connectivity index (χ4v) is 1.96. The minimum absolute atomic E-state index is 0.395. The van der Waals surface area contributed by atoms with Gasteiger partial charge in [0.1, 0.15) is 18.0 Å². The number of carbonyl (C=O) groups is 1. The smallest absolute Gasteiger partial charge is 0.412 e. The van der Waals surface area contributed by atoms with Crippen molar-refractivity contribution in [2.24, 2.45) is 0 Å². The fourth-order valence-electron chi connectivity index (χ4n) is 1.48. The Morgan fingerprint density at radius 2 is 2.00 bits per heavy atom. The molecule has 1 aromatic carbocycles. The highest BCUT2D eigenvalue weighted by atomic mass is 127. The number of nitrogens with one attached hydrogen (secondary N) is 1. The van der Waals surface area contributed by atoms with E-state index in [0.29, 0.717) is 36.3 Å². The van der Waals surface area contributed by atoms with Crippen LogP contribution in [0.3, 0.4) is 0 Å². The van der Waals surface area contributed by atoms with E-state index in [1.807, 2.05) is 0 Å². The molecule has 0 aliphatic rings. The van der Waals surface area contributed by atoms with Gasteiger partial charge in [0, 0.05) is 16.2 Å². The molecule has 0 bridgehead atoms. The highest BCUT2D eigenvalue weighted by Gasteiger charge is 2.16. The van der Waals surface area contributed by atoms with E-state index >= 15 is 0 Å². The molecule has 0 unspecified atom stereocenters. The number of alkyl halides is 1. The number of ether oxygens (including phenoxy) is 3. The van der Waals surface area contributed by atoms with Crippen LogP contribution in [0.25, 0.3) is 0 Å². The van der Waals surface area contributed by atoms with E-state index in [1.165, 1.54) is 0 Å². The van der Waals surface area contributed by atoms with Crippen molar-refractivity contribution in [3.8, 4) is 5.75 Å². The van der Waals surface area contributed by atoms with E-state index < -0.39 is 11.7 Å². The predicted octanol–water partition coefficient (Wildman–Crippen LogP) is 4.52. The third-order valence-corrected chi connectivity index (χ3v) is 3.04. The molecule has 0 atom stereocenters. The van der Waals surface area contributed by atoms with Gasteiger partial charge in [0.05, 0.1) is 18.2 Å². The van der Waals surface area contributed by atoms with Gasteiger partial charge in [-0.15, -0.1) is 0 Å². The van der Waals surface area contributed by atoms with E-state index in [0.717, 1.165) is 4.43 Å². The van der Waals surface area contributed by atoms with Crippen LogP contribution in [0.1, 0.15) is 20.8 Å². The Morgan fingerprint density at radius 1 is 1.27 bits per heavy atom. The number of hydrogen-bond donors (Lipinski definition) is 1. The minimum atomic E-state index is -0.550. The summed E-state index contributed by atoms with van der Waals surface area (Å²) in [6, 6.07) is 5.01. The monoisotopic (exact) mass is 441 g/mol. The minimum Gasteiger partial charge on any atom is -0.490 e. The molecule has 22 heavy (non-hydrogen) atoms. The second-order valence-corrected chi connectivity index (χ2v) is 6.91. The number of hydrogen-bond acceptors (Lipinski definition) is 4. The van der Waals surface area contributed by atoms with Crippen LogP contribution in [0.15, 0.2) is 18.2 Å². The van der Waals surface area contributed by atoms with Crippen LogP contribution in [0, 0.1) is 0 Å². The van der Waals surface area contributed by atoms with Crippen molar-refractivity contribution in [2.75, 3.05) is 29.6 Å². The lowest BCUT2D eigenvalue weighted by Crippen LogP contribution is -2.27. The zero-order valence-electron chi connectivity index (χ0n) is 12.9. The molecular formula is C15H21ClINO4. The number of amides is 1. The molecule has 1 N–H and O–H groups in total. The molecule has 0 fully saturated rings. The Morgan fingerprint density at radius 3 is 2.64 bits per heavy atom. The first-order chi connectivity index (χ1) is 10.3. The van der Waals surface area contributed by atoms with Crippen molar-refractivity contribution < 1.29 is 19.0 Å². The maximum absolute atomic E-state index is 11.7. The molecule has 0 radical (unpaired) electrons. The van der Waals surface area contributed by atoms with Gasteiger partial charge in [-0.05, 0) is 32.9 Å². The first-order valence-electron chi connectivity index (χ1n) is 6.88. The third-order valence-electron chi connectivity index (χ3n) is 2.28. The van der Waals surface area contributed by atoms with Gasteiger partial charge in [0.2, 0.25) is 0 Å².